The first-order valence-corrected chi connectivity index (χ1v) is 10.5. The highest BCUT2D eigenvalue weighted by atomic mass is 127. The molecular formula is C21H27IO2. The number of halogens is 1. The predicted octanol–water partition coefficient (Wildman–Crippen LogP) is 4.97. The van der Waals surface area contributed by atoms with Gasteiger partial charge in [0.1, 0.15) is 0 Å². The Balaban J connectivity index is 1.74. The van der Waals surface area contributed by atoms with Crippen molar-refractivity contribution in [2.75, 3.05) is 0 Å². The van der Waals surface area contributed by atoms with Crippen molar-refractivity contribution in [3.05, 3.63) is 34.0 Å². The first-order chi connectivity index (χ1) is 11.3. The summed E-state index contributed by atoms with van der Waals surface area (Å²) in [6, 6.07) is 0. The maximum atomic E-state index is 11.9. The van der Waals surface area contributed by atoms with Crippen molar-refractivity contribution in [1.29, 1.82) is 0 Å². The molecule has 0 saturated heterocycles. The third-order valence-electron chi connectivity index (χ3n) is 8.07. The Morgan fingerprint density at radius 1 is 1.21 bits per heavy atom. The van der Waals surface area contributed by atoms with Crippen molar-refractivity contribution in [1.82, 2.24) is 0 Å². The minimum absolute atomic E-state index is 0.0256. The fourth-order valence-electron chi connectivity index (χ4n) is 6.43. The van der Waals surface area contributed by atoms with Gasteiger partial charge >= 0.3 is 0 Å². The third-order valence-corrected chi connectivity index (χ3v) is 8.43. The SMILES string of the molecule is C[C@]12CCC(=O)C=C1C=C[C@@H]1[C@@H]2CC[C@@]2(C)[C@H]1CC[C@@]2(O)/C=C\I. The highest BCUT2D eigenvalue weighted by Crippen LogP contribution is 2.66. The average Bonchev–Trinajstić information content (AvgIpc) is 2.80. The Hall–Kier alpha value is -0.420. The fourth-order valence-corrected chi connectivity index (χ4v) is 7.02. The molecule has 24 heavy (non-hydrogen) atoms. The van der Waals surface area contributed by atoms with E-state index in [2.05, 4.69) is 48.6 Å². The molecule has 0 aromatic rings. The van der Waals surface area contributed by atoms with Crippen molar-refractivity contribution >= 4 is 28.4 Å². The van der Waals surface area contributed by atoms with Gasteiger partial charge in [-0.15, -0.1) is 0 Å². The molecule has 0 unspecified atom stereocenters. The van der Waals surface area contributed by atoms with Crippen LogP contribution < -0.4 is 0 Å². The molecule has 4 aliphatic carbocycles. The summed E-state index contributed by atoms with van der Waals surface area (Å²) in [5, 5.41) is 11.3. The molecule has 1 N–H and O–H groups in total. The van der Waals surface area contributed by atoms with Gasteiger partial charge in [-0.2, -0.15) is 0 Å². The zero-order chi connectivity index (χ0) is 17.2. The average molecular weight is 438 g/mol. The zero-order valence-electron chi connectivity index (χ0n) is 14.6. The van der Waals surface area contributed by atoms with Crippen LogP contribution in [0.15, 0.2) is 34.0 Å². The molecule has 2 saturated carbocycles. The molecule has 0 bridgehead atoms. The first kappa shape index (κ1) is 17.0. The van der Waals surface area contributed by atoms with E-state index in [1.165, 1.54) is 5.57 Å². The molecule has 6 atom stereocenters. The predicted molar refractivity (Wildman–Crippen MR) is 105 cm³/mol. The summed E-state index contributed by atoms with van der Waals surface area (Å²) >= 11 is 2.23. The van der Waals surface area contributed by atoms with Crippen LogP contribution in [0.3, 0.4) is 0 Å². The maximum absolute atomic E-state index is 11.9. The Labute approximate surface area is 158 Å². The van der Waals surface area contributed by atoms with E-state index in [1.54, 1.807) is 0 Å². The fraction of sp³-hybridized carbons (Fsp3) is 0.667. The lowest BCUT2D eigenvalue weighted by Gasteiger charge is -2.57. The summed E-state index contributed by atoms with van der Waals surface area (Å²) in [6.07, 6.45) is 14.4. The van der Waals surface area contributed by atoms with E-state index in [-0.39, 0.29) is 16.6 Å². The molecule has 0 aromatic carbocycles. The molecule has 0 radical (unpaired) electrons. The van der Waals surface area contributed by atoms with E-state index in [1.807, 2.05) is 16.2 Å². The van der Waals surface area contributed by atoms with Crippen LogP contribution in [0.25, 0.3) is 0 Å². The number of aliphatic hydroxyl groups is 1. The summed E-state index contributed by atoms with van der Waals surface area (Å²) in [5.41, 5.74) is 0.720. The largest absolute Gasteiger partial charge is 0.385 e. The lowest BCUT2D eigenvalue weighted by Crippen LogP contribution is -2.53. The molecule has 4 rings (SSSR count). The lowest BCUT2D eigenvalue weighted by atomic mass is 9.48. The van der Waals surface area contributed by atoms with Gasteiger partial charge in [-0.25, -0.2) is 0 Å². The number of rotatable bonds is 1. The van der Waals surface area contributed by atoms with Gasteiger partial charge in [0.15, 0.2) is 5.78 Å². The summed E-state index contributed by atoms with van der Waals surface area (Å²) < 4.78 is 1.99. The molecule has 2 nitrogen and oxygen atoms in total. The van der Waals surface area contributed by atoms with Crippen LogP contribution in [0.1, 0.15) is 52.4 Å². The second-order valence-electron chi connectivity index (χ2n) is 8.84. The van der Waals surface area contributed by atoms with E-state index in [0.29, 0.717) is 24.2 Å². The van der Waals surface area contributed by atoms with Crippen molar-refractivity contribution < 1.29 is 9.90 Å². The van der Waals surface area contributed by atoms with Gasteiger partial charge in [-0.3, -0.25) is 4.79 Å². The minimum Gasteiger partial charge on any atom is -0.385 e. The van der Waals surface area contributed by atoms with Gasteiger partial charge in [0, 0.05) is 11.8 Å². The molecule has 2 fully saturated rings. The topological polar surface area (TPSA) is 37.3 Å². The smallest absolute Gasteiger partial charge is 0.156 e. The molecule has 0 aliphatic heterocycles. The Bertz CT molecular complexity index is 663. The Kier molecular flexibility index (Phi) is 3.93. The van der Waals surface area contributed by atoms with Gasteiger partial charge < -0.3 is 5.11 Å². The summed E-state index contributed by atoms with van der Waals surface area (Å²) in [7, 11) is 0. The number of allylic oxidation sites excluding steroid dienone is 4. The van der Waals surface area contributed by atoms with Crippen molar-refractivity contribution in [3.8, 4) is 0 Å². The Morgan fingerprint density at radius 2 is 1.96 bits per heavy atom. The highest BCUT2D eigenvalue weighted by Gasteiger charge is 2.62. The second kappa shape index (κ2) is 5.54. The number of ketones is 1. The van der Waals surface area contributed by atoms with Crippen molar-refractivity contribution in [3.63, 3.8) is 0 Å². The van der Waals surface area contributed by atoms with E-state index >= 15 is 0 Å². The maximum Gasteiger partial charge on any atom is 0.156 e. The van der Waals surface area contributed by atoms with Gasteiger partial charge in [0.05, 0.1) is 5.60 Å². The number of hydrogen-bond acceptors (Lipinski definition) is 2. The van der Waals surface area contributed by atoms with Crippen LogP contribution in [-0.4, -0.2) is 16.5 Å². The number of hydrogen-bond donors (Lipinski definition) is 1. The molecular weight excluding hydrogens is 411 g/mol. The molecule has 130 valence electrons. The van der Waals surface area contributed by atoms with E-state index in [4.69, 9.17) is 0 Å². The normalized spacial score (nSPS) is 50.4. The summed E-state index contributed by atoms with van der Waals surface area (Å²) in [6.45, 7) is 4.68. The third kappa shape index (κ3) is 2.13. The van der Waals surface area contributed by atoms with E-state index in [9.17, 15) is 9.90 Å². The molecule has 0 amide bonds. The minimum atomic E-state index is -0.656. The second-order valence-corrected chi connectivity index (χ2v) is 9.56. The van der Waals surface area contributed by atoms with Crippen LogP contribution >= 0.6 is 22.6 Å². The van der Waals surface area contributed by atoms with Gasteiger partial charge in [-0.05, 0) is 77.1 Å². The number of carbonyl (C=O) groups excluding carboxylic acids is 1. The van der Waals surface area contributed by atoms with Crippen molar-refractivity contribution in [2.45, 2.75) is 58.0 Å². The van der Waals surface area contributed by atoms with Crippen LogP contribution in [-0.2, 0) is 4.79 Å². The monoisotopic (exact) mass is 438 g/mol. The van der Waals surface area contributed by atoms with Crippen molar-refractivity contribution in [2.24, 2.45) is 28.6 Å². The molecule has 0 spiro atoms. The standard InChI is InChI=1S/C21H27IO2/c1-19-8-5-15(23)13-14(19)3-4-16-17(19)6-9-20(2)18(16)7-10-21(20,24)11-12-22/h3-4,11-13,16-18,24H,5-10H2,1-2H3/b12-11-/t16-,17+,18+,19+,20+,21-/m1/s1. The first-order valence-electron chi connectivity index (χ1n) is 9.28. The Morgan fingerprint density at radius 3 is 2.71 bits per heavy atom. The van der Waals surface area contributed by atoms with Gasteiger partial charge in [0.2, 0.25) is 0 Å². The van der Waals surface area contributed by atoms with Crippen LogP contribution in [0.5, 0.6) is 0 Å². The molecule has 3 heteroatoms. The number of fused-ring (bicyclic) bond motifs is 5. The van der Waals surface area contributed by atoms with E-state index in [0.717, 1.165) is 32.1 Å². The highest BCUT2D eigenvalue weighted by molar-refractivity contribution is 14.1. The van der Waals surface area contributed by atoms with E-state index < -0.39 is 5.60 Å². The summed E-state index contributed by atoms with van der Waals surface area (Å²) in [5.74, 6) is 1.98. The molecule has 4 aliphatic rings. The molecule has 0 heterocycles. The lowest BCUT2D eigenvalue weighted by molar-refractivity contribution is -0.117. The van der Waals surface area contributed by atoms with Crippen LogP contribution in [0, 0.1) is 28.6 Å². The van der Waals surface area contributed by atoms with Gasteiger partial charge in [-0.1, -0.05) is 48.6 Å². The number of carbonyl (C=O) groups is 1. The summed E-state index contributed by atoms with van der Waals surface area (Å²) in [4.78, 5) is 11.9. The zero-order valence-corrected chi connectivity index (χ0v) is 16.8. The van der Waals surface area contributed by atoms with Crippen LogP contribution in [0.4, 0.5) is 0 Å². The quantitative estimate of drug-likeness (QED) is 0.587. The molecule has 0 aromatic heterocycles. The van der Waals surface area contributed by atoms with Gasteiger partial charge in [0.25, 0.3) is 0 Å². The van der Waals surface area contributed by atoms with Crippen LogP contribution in [0.2, 0.25) is 0 Å².